The number of fused-ring (bicyclic) bond motifs is 1. The Kier molecular flexibility index (Phi) is 2.89. The summed E-state index contributed by atoms with van der Waals surface area (Å²) in [7, 11) is 1.36. The Bertz CT molecular complexity index is 587. The summed E-state index contributed by atoms with van der Waals surface area (Å²) in [4.78, 5) is 3.88. The first-order chi connectivity index (χ1) is 8.08. The molecule has 2 rings (SSSR count). The van der Waals surface area contributed by atoms with E-state index in [1.807, 2.05) is 0 Å². The van der Waals surface area contributed by atoms with Crippen LogP contribution in [0.2, 0.25) is 0 Å². The molecule has 0 saturated carbocycles. The zero-order valence-electron chi connectivity index (χ0n) is 8.93. The molecule has 1 heterocycles. The average Bonchev–Trinajstić information content (AvgIpc) is 2.34. The van der Waals surface area contributed by atoms with Gasteiger partial charge in [0, 0.05) is 23.6 Å². The quantitative estimate of drug-likeness (QED) is 0.820. The van der Waals surface area contributed by atoms with E-state index in [4.69, 9.17) is 10.5 Å². The Balaban J connectivity index is 2.83. The molecule has 2 aromatic rings. The van der Waals surface area contributed by atoms with Crippen LogP contribution in [-0.4, -0.2) is 12.1 Å². The van der Waals surface area contributed by atoms with Gasteiger partial charge in [-0.3, -0.25) is 0 Å². The lowest BCUT2D eigenvalue weighted by Crippen LogP contribution is -2.03. The second-order valence-corrected chi connectivity index (χ2v) is 3.41. The van der Waals surface area contributed by atoms with Crippen molar-refractivity contribution in [3.8, 4) is 5.88 Å². The summed E-state index contributed by atoms with van der Waals surface area (Å²) in [6, 6.07) is 2.12. The predicted octanol–water partition coefficient (Wildman–Crippen LogP) is 2.12. The maximum absolute atomic E-state index is 13.5. The molecular weight excluding hydrogens is 233 g/mol. The molecule has 2 N–H and O–H groups in total. The normalized spacial score (nSPS) is 10.9. The summed E-state index contributed by atoms with van der Waals surface area (Å²) in [5.41, 5.74) is 5.83. The Morgan fingerprint density at radius 2 is 1.94 bits per heavy atom. The van der Waals surface area contributed by atoms with Crippen molar-refractivity contribution in [1.82, 2.24) is 4.98 Å². The van der Waals surface area contributed by atoms with E-state index in [0.717, 1.165) is 6.07 Å². The smallest absolute Gasteiger partial charge is 0.218 e. The van der Waals surface area contributed by atoms with Crippen LogP contribution < -0.4 is 10.5 Å². The molecule has 17 heavy (non-hydrogen) atoms. The van der Waals surface area contributed by atoms with Crippen molar-refractivity contribution in [2.75, 3.05) is 7.11 Å². The highest BCUT2D eigenvalue weighted by atomic mass is 19.2. The van der Waals surface area contributed by atoms with Gasteiger partial charge in [-0.1, -0.05) is 0 Å². The van der Waals surface area contributed by atoms with Crippen LogP contribution in [0.5, 0.6) is 5.88 Å². The zero-order chi connectivity index (χ0) is 12.6. The lowest BCUT2D eigenvalue weighted by Gasteiger charge is -2.08. The topological polar surface area (TPSA) is 48.1 Å². The van der Waals surface area contributed by atoms with E-state index >= 15 is 0 Å². The van der Waals surface area contributed by atoms with E-state index in [0.29, 0.717) is 5.56 Å². The van der Waals surface area contributed by atoms with Crippen molar-refractivity contribution in [1.29, 1.82) is 0 Å². The first-order valence-corrected chi connectivity index (χ1v) is 4.79. The van der Waals surface area contributed by atoms with Crippen LogP contribution in [0.25, 0.3) is 10.9 Å². The fourth-order valence-electron chi connectivity index (χ4n) is 1.57. The minimum atomic E-state index is -1.52. The molecule has 0 spiro atoms. The van der Waals surface area contributed by atoms with Crippen LogP contribution in [0.15, 0.2) is 12.1 Å². The van der Waals surface area contributed by atoms with E-state index < -0.39 is 17.5 Å². The van der Waals surface area contributed by atoms with Crippen molar-refractivity contribution in [3.05, 3.63) is 35.1 Å². The van der Waals surface area contributed by atoms with Gasteiger partial charge >= 0.3 is 0 Å². The van der Waals surface area contributed by atoms with Gasteiger partial charge in [-0.25, -0.2) is 18.2 Å². The summed E-state index contributed by atoms with van der Waals surface area (Å²) < 4.78 is 44.4. The van der Waals surface area contributed by atoms with Crippen LogP contribution in [0.3, 0.4) is 0 Å². The molecule has 1 aromatic heterocycles. The Morgan fingerprint density at radius 1 is 1.24 bits per heavy atom. The van der Waals surface area contributed by atoms with Crippen LogP contribution in [0.1, 0.15) is 5.56 Å². The summed E-state index contributed by atoms with van der Waals surface area (Å²) in [5.74, 6) is -3.91. The van der Waals surface area contributed by atoms with Crippen LogP contribution in [0, 0.1) is 17.5 Å². The maximum Gasteiger partial charge on any atom is 0.218 e. The number of pyridine rings is 1. The molecule has 90 valence electrons. The lowest BCUT2D eigenvalue weighted by atomic mass is 10.1. The van der Waals surface area contributed by atoms with Crippen molar-refractivity contribution in [3.63, 3.8) is 0 Å². The second kappa shape index (κ2) is 4.21. The van der Waals surface area contributed by atoms with E-state index in [1.165, 1.54) is 13.2 Å². The first kappa shape index (κ1) is 11.7. The number of methoxy groups -OCH3 is 1. The van der Waals surface area contributed by atoms with E-state index in [2.05, 4.69) is 4.98 Å². The summed E-state index contributed by atoms with van der Waals surface area (Å²) in [6.07, 6.45) is 0. The predicted molar refractivity (Wildman–Crippen MR) is 56.1 cm³/mol. The molecule has 1 aromatic carbocycles. The summed E-state index contributed by atoms with van der Waals surface area (Å²) >= 11 is 0. The minimum Gasteiger partial charge on any atom is -0.481 e. The van der Waals surface area contributed by atoms with Gasteiger partial charge in [0.15, 0.2) is 17.5 Å². The SMILES string of the molecule is COc1nc2cc(F)c(F)c(F)c2cc1CN. The number of ether oxygens (including phenoxy) is 1. The van der Waals surface area contributed by atoms with Gasteiger partial charge in [0.1, 0.15) is 0 Å². The molecule has 6 heteroatoms. The molecular formula is C11H9F3N2O. The van der Waals surface area contributed by atoms with Gasteiger partial charge in [0.05, 0.1) is 12.6 Å². The highest BCUT2D eigenvalue weighted by molar-refractivity contribution is 5.81. The van der Waals surface area contributed by atoms with Crippen LogP contribution in [0.4, 0.5) is 13.2 Å². The largest absolute Gasteiger partial charge is 0.481 e. The number of rotatable bonds is 2. The summed E-state index contributed by atoms with van der Waals surface area (Å²) in [6.45, 7) is 0.0601. The molecule has 0 radical (unpaired) electrons. The van der Waals surface area contributed by atoms with Gasteiger partial charge in [0.2, 0.25) is 5.88 Å². The lowest BCUT2D eigenvalue weighted by molar-refractivity contribution is 0.394. The maximum atomic E-state index is 13.5. The van der Waals surface area contributed by atoms with Crippen molar-refractivity contribution < 1.29 is 17.9 Å². The van der Waals surface area contributed by atoms with Gasteiger partial charge < -0.3 is 10.5 Å². The standard InChI is InChI=1S/C11H9F3N2O/c1-17-11-5(4-15)2-6-8(16-11)3-7(12)10(14)9(6)13/h2-3H,4,15H2,1H3. The second-order valence-electron chi connectivity index (χ2n) is 3.41. The third kappa shape index (κ3) is 1.80. The van der Waals surface area contributed by atoms with Gasteiger partial charge in [0.25, 0.3) is 0 Å². The molecule has 0 aliphatic carbocycles. The molecule has 0 aliphatic heterocycles. The molecule has 3 nitrogen and oxygen atoms in total. The number of benzene rings is 1. The molecule has 0 amide bonds. The molecule has 0 bridgehead atoms. The molecule has 0 atom stereocenters. The first-order valence-electron chi connectivity index (χ1n) is 4.79. The molecule has 0 saturated heterocycles. The van der Waals surface area contributed by atoms with E-state index in [9.17, 15) is 13.2 Å². The third-order valence-electron chi connectivity index (χ3n) is 2.41. The summed E-state index contributed by atoms with van der Waals surface area (Å²) in [5, 5.41) is -0.120. The van der Waals surface area contributed by atoms with E-state index in [1.54, 1.807) is 0 Å². The number of hydrogen-bond acceptors (Lipinski definition) is 3. The fraction of sp³-hybridized carbons (Fsp3) is 0.182. The Labute approximate surface area is 95.0 Å². The number of halogens is 3. The van der Waals surface area contributed by atoms with Crippen LogP contribution in [-0.2, 0) is 6.54 Å². The highest BCUT2D eigenvalue weighted by Crippen LogP contribution is 2.26. The van der Waals surface area contributed by atoms with Gasteiger partial charge in [-0.15, -0.1) is 0 Å². The number of aromatic nitrogens is 1. The zero-order valence-corrected chi connectivity index (χ0v) is 8.93. The van der Waals surface area contributed by atoms with Crippen molar-refractivity contribution in [2.24, 2.45) is 5.73 Å². The van der Waals surface area contributed by atoms with Crippen molar-refractivity contribution in [2.45, 2.75) is 6.54 Å². The Morgan fingerprint density at radius 3 is 2.53 bits per heavy atom. The molecule has 0 unspecified atom stereocenters. The van der Waals surface area contributed by atoms with Gasteiger partial charge in [-0.2, -0.15) is 0 Å². The van der Waals surface area contributed by atoms with Crippen molar-refractivity contribution >= 4 is 10.9 Å². The Hall–Kier alpha value is -1.82. The highest BCUT2D eigenvalue weighted by Gasteiger charge is 2.16. The molecule has 0 fully saturated rings. The molecule has 0 aliphatic rings. The number of nitrogens with two attached hydrogens (primary N) is 1. The van der Waals surface area contributed by atoms with Gasteiger partial charge in [-0.05, 0) is 6.07 Å². The number of nitrogens with zero attached hydrogens (tertiary/aromatic N) is 1. The minimum absolute atomic E-state index is 0.0181. The van der Waals surface area contributed by atoms with Crippen LogP contribution >= 0.6 is 0 Å². The van der Waals surface area contributed by atoms with E-state index in [-0.39, 0.29) is 23.3 Å². The third-order valence-corrected chi connectivity index (χ3v) is 2.41. The average molecular weight is 242 g/mol. The monoisotopic (exact) mass is 242 g/mol. The number of hydrogen-bond donors (Lipinski definition) is 1. The fourth-order valence-corrected chi connectivity index (χ4v) is 1.57.